The Hall–Kier alpha value is -3.49. The molecule has 4 aromatic rings. The Bertz CT molecular complexity index is 1010. The van der Waals surface area contributed by atoms with Crippen LogP contribution in [0.25, 0.3) is 0 Å². The van der Waals surface area contributed by atoms with Crippen LogP contribution in [0.15, 0.2) is 97.1 Å². The highest BCUT2D eigenvalue weighted by molar-refractivity contribution is 7.56. The second-order valence-corrected chi connectivity index (χ2v) is 7.73. The summed E-state index contributed by atoms with van der Waals surface area (Å²) in [5, 5.41) is 1.97. The molecular weight excluding hydrogens is 379 g/mol. The van der Waals surface area contributed by atoms with Crippen LogP contribution >= 0.6 is 8.58 Å². The highest BCUT2D eigenvalue weighted by Crippen LogP contribution is 2.34. The largest absolute Gasteiger partial charge is 0.455 e. The van der Waals surface area contributed by atoms with E-state index in [0.29, 0.717) is 22.9 Å². The molecule has 4 N–H and O–H groups in total. The van der Waals surface area contributed by atoms with Gasteiger partial charge in [0, 0.05) is 10.6 Å². The number of nitrogens with two attached hydrogens (primary N) is 2. The summed E-state index contributed by atoms with van der Waals surface area (Å²) in [6, 6.07) is 30.8. The molecule has 0 amide bonds. The third-order valence-corrected chi connectivity index (χ3v) is 5.61. The number of hydrogen-bond donors (Lipinski definition) is 2. The number of para-hydroxylation sites is 4. The van der Waals surface area contributed by atoms with Crippen molar-refractivity contribution < 1.29 is 9.47 Å². The van der Waals surface area contributed by atoms with Crippen LogP contribution in [0.2, 0.25) is 0 Å². The normalized spacial score (nSPS) is 10.5. The highest BCUT2D eigenvalue weighted by atomic mass is 31.1. The van der Waals surface area contributed by atoms with Crippen molar-refractivity contribution in [3.05, 3.63) is 97.1 Å². The van der Waals surface area contributed by atoms with E-state index in [1.165, 1.54) is 0 Å². The van der Waals surface area contributed by atoms with E-state index in [2.05, 4.69) is 0 Å². The minimum Gasteiger partial charge on any atom is -0.455 e. The summed E-state index contributed by atoms with van der Waals surface area (Å²) < 4.78 is 12.2. The van der Waals surface area contributed by atoms with Gasteiger partial charge in [-0.3, -0.25) is 0 Å². The van der Waals surface area contributed by atoms with Crippen LogP contribution in [-0.2, 0) is 0 Å². The number of ether oxygens (including phenoxy) is 2. The number of anilines is 2. The maximum Gasteiger partial charge on any atom is 0.158 e. The Morgan fingerprint density at radius 1 is 0.483 bits per heavy atom. The fourth-order valence-corrected chi connectivity index (χ4v) is 4.16. The van der Waals surface area contributed by atoms with Gasteiger partial charge in [-0.15, -0.1) is 0 Å². The van der Waals surface area contributed by atoms with Crippen LogP contribution in [0.4, 0.5) is 11.4 Å². The van der Waals surface area contributed by atoms with Crippen molar-refractivity contribution >= 4 is 30.6 Å². The van der Waals surface area contributed by atoms with Crippen LogP contribution in [0.3, 0.4) is 0 Å². The smallest absolute Gasteiger partial charge is 0.158 e. The van der Waals surface area contributed by atoms with Crippen molar-refractivity contribution in [2.24, 2.45) is 0 Å². The van der Waals surface area contributed by atoms with Gasteiger partial charge in [0.25, 0.3) is 0 Å². The molecule has 0 fully saturated rings. The first kappa shape index (κ1) is 18.9. The van der Waals surface area contributed by atoms with Gasteiger partial charge in [-0.25, -0.2) is 0 Å². The van der Waals surface area contributed by atoms with Crippen molar-refractivity contribution in [3.63, 3.8) is 0 Å². The predicted octanol–water partition coefficient (Wildman–Crippen LogP) is 5.06. The molecule has 29 heavy (non-hydrogen) atoms. The number of rotatable bonds is 6. The van der Waals surface area contributed by atoms with E-state index >= 15 is 0 Å². The van der Waals surface area contributed by atoms with E-state index < -0.39 is 0 Å². The topological polar surface area (TPSA) is 70.5 Å². The molecule has 0 atom stereocenters. The molecule has 4 nitrogen and oxygen atoms in total. The lowest BCUT2D eigenvalue weighted by Crippen LogP contribution is -2.11. The van der Waals surface area contributed by atoms with Crippen LogP contribution in [0.5, 0.6) is 23.0 Å². The van der Waals surface area contributed by atoms with Gasteiger partial charge in [-0.05, 0) is 36.4 Å². The highest BCUT2D eigenvalue weighted by Gasteiger charge is 2.15. The number of hydrogen-bond acceptors (Lipinski definition) is 4. The van der Waals surface area contributed by atoms with E-state index in [1.54, 1.807) is 0 Å². The quantitative estimate of drug-likeness (QED) is 0.350. The molecule has 4 rings (SSSR count). The average Bonchev–Trinajstić information content (AvgIpc) is 2.74. The Morgan fingerprint density at radius 2 is 0.897 bits per heavy atom. The first-order valence-corrected chi connectivity index (χ1v) is 10.2. The van der Waals surface area contributed by atoms with Crippen LogP contribution in [-0.4, -0.2) is 0 Å². The Balaban J connectivity index is 1.68. The lowest BCUT2D eigenvalue weighted by atomic mass is 10.3. The first-order valence-electron chi connectivity index (χ1n) is 9.20. The zero-order valence-corrected chi connectivity index (χ0v) is 16.7. The summed E-state index contributed by atoms with van der Waals surface area (Å²) in [4.78, 5) is 0. The van der Waals surface area contributed by atoms with Crippen molar-refractivity contribution in [2.45, 2.75) is 0 Å². The van der Waals surface area contributed by atoms with Gasteiger partial charge in [0.1, 0.15) is 11.5 Å². The van der Waals surface area contributed by atoms with Gasteiger partial charge >= 0.3 is 0 Å². The molecule has 0 bridgehead atoms. The third kappa shape index (κ3) is 4.50. The summed E-state index contributed by atoms with van der Waals surface area (Å²) in [6.45, 7) is 0. The van der Waals surface area contributed by atoms with Crippen LogP contribution in [0.1, 0.15) is 0 Å². The maximum absolute atomic E-state index is 6.24. The summed E-state index contributed by atoms with van der Waals surface area (Å²) in [7, 11) is 0.261. The van der Waals surface area contributed by atoms with E-state index in [0.717, 1.165) is 22.1 Å². The molecule has 0 heterocycles. The van der Waals surface area contributed by atoms with Gasteiger partial charge in [0.05, 0.1) is 11.4 Å². The zero-order valence-electron chi connectivity index (χ0n) is 15.7. The minimum atomic E-state index is 0.261. The molecule has 0 aliphatic carbocycles. The summed E-state index contributed by atoms with van der Waals surface area (Å²) in [6.07, 6.45) is 0. The first-order chi connectivity index (χ1) is 14.2. The minimum absolute atomic E-state index is 0.261. The lowest BCUT2D eigenvalue weighted by molar-refractivity contribution is 0.488. The maximum atomic E-state index is 6.24. The second kappa shape index (κ2) is 8.68. The SMILES string of the molecule is Nc1cccc(Pc2cccc(N)c2Oc2ccccc2)c1Oc1ccccc1. The van der Waals surface area contributed by atoms with Crippen LogP contribution in [0, 0.1) is 0 Å². The predicted molar refractivity (Wildman–Crippen MR) is 122 cm³/mol. The average molecular weight is 400 g/mol. The molecule has 5 heteroatoms. The van der Waals surface area contributed by atoms with Crippen molar-refractivity contribution in [1.82, 2.24) is 0 Å². The number of nitrogen functional groups attached to an aromatic ring is 2. The van der Waals surface area contributed by atoms with E-state index in [-0.39, 0.29) is 8.58 Å². The molecule has 0 saturated carbocycles. The molecule has 0 aromatic heterocycles. The third-order valence-electron chi connectivity index (χ3n) is 4.29. The molecule has 0 saturated heterocycles. The van der Waals surface area contributed by atoms with Crippen LogP contribution < -0.4 is 31.6 Å². The van der Waals surface area contributed by atoms with E-state index in [4.69, 9.17) is 20.9 Å². The summed E-state index contributed by atoms with van der Waals surface area (Å²) >= 11 is 0. The Morgan fingerprint density at radius 3 is 1.31 bits per heavy atom. The zero-order chi connectivity index (χ0) is 20.1. The van der Waals surface area contributed by atoms with Crippen molar-refractivity contribution in [1.29, 1.82) is 0 Å². The molecule has 144 valence electrons. The number of benzene rings is 4. The van der Waals surface area contributed by atoms with Crippen molar-refractivity contribution in [2.75, 3.05) is 11.5 Å². The van der Waals surface area contributed by atoms with E-state index in [9.17, 15) is 0 Å². The van der Waals surface area contributed by atoms with Gasteiger partial charge in [0.2, 0.25) is 0 Å². The Kier molecular flexibility index (Phi) is 5.64. The summed E-state index contributed by atoms with van der Waals surface area (Å²) in [5.74, 6) is 2.80. The van der Waals surface area contributed by atoms with Gasteiger partial charge in [0.15, 0.2) is 11.5 Å². The van der Waals surface area contributed by atoms with Crippen molar-refractivity contribution in [3.8, 4) is 23.0 Å². The molecule has 0 aliphatic heterocycles. The monoisotopic (exact) mass is 400 g/mol. The molecule has 4 aromatic carbocycles. The molecule has 0 aliphatic rings. The molecule has 0 spiro atoms. The van der Waals surface area contributed by atoms with Gasteiger partial charge in [-0.2, -0.15) is 0 Å². The van der Waals surface area contributed by atoms with E-state index in [1.807, 2.05) is 97.1 Å². The molecule has 0 unspecified atom stereocenters. The molecule has 0 radical (unpaired) electrons. The van der Waals surface area contributed by atoms with Gasteiger partial charge in [-0.1, -0.05) is 69.2 Å². The molecular formula is C24H21N2O2P. The van der Waals surface area contributed by atoms with Gasteiger partial charge < -0.3 is 20.9 Å². The summed E-state index contributed by atoms with van der Waals surface area (Å²) in [5.41, 5.74) is 13.7. The fourth-order valence-electron chi connectivity index (χ4n) is 2.89. The standard InChI is InChI=1S/C24H21N2O2P/c25-19-13-7-15-21(23(19)27-17-9-3-1-4-10-17)29-22-16-8-14-20(26)24(22)28-18-11-5-2-6-12-18/h1-16,29H,25-26H2. The lowest BCUT2D eigenvalue weighted by Gasteiger charge is -2.17. The second-order valence-electron chi connectivity index (χ2n) is 6.40. The Labute approximate surface area is 171 Å². The fraction of sp³-hybridized carbons (Fsp3) is 0.